The van der Waals surface area contributed by atoms with Gasteiger partial charge in [-0.1, -0.05) is 17.8 Å². The molecule has 1 saturated carbocycles. The van der Waals surface area contributed by atoms with Crippen molar-refractivity contribution in [3.63, 3.8) is 0 Å². The number of anilines is 1. The minimum absolute atomic E-state index is 0.169. The number of amides is 1. The maximum Gasteiger partial charge on any atom is 0.347 e. The average Bonchev–Trinajstić information content (AvgIpc) is 2.95. The first kappa shape index (κ1) is 12.9. The standard InChI is InChI=1S/C13H12N2O4S/c16-11(8-5-2-6-19-8)15-13-14-9(7-3-1-4-7)10(20-13)12(17)18/h2,5-7H,1,3-4H2,(H,17,18)(H,14,15,16). The van der Waals surface area contributed by atoms with E-state index >= 15 is 0 Å². The van der Waals surface area contributed by atoms with Crippen molar-refractivity contribution in [1.82, 2.24) is 4.98 Å². The Labute approximate surface area is 118 Å². The number of rotatable bonds is 4. The molecule has 0 aromatic carbocycles. The van der Waals surface area contributed by atoms with Gasteiger partial charge in [-0.05, 0) is 25.0 Å². The summed E-state index contributed by atoms with van der Waals surface area (Å²) >= 11 is 0.987. The van der Waals surface area contributed by atoms with E-state index in [0.717, 1.165) is 30.6 Å². The molecule has 6 nitrogen and oxygen atoms in total. The molecular formula is C13H12N2O4S. The van der Waals surface area contributed by atoms with E-state index in [1.807, 2.05) is 0 Å². The molecule has 0 bridgehead atoms. The zero-order valence-electron chi connectivity index (χ0n) is 10.5. The number of hydrogen-bond donors (Lipinski definition) is 2. The van der Waals surface area contributed by atoms with Gasteiger partial charge in [0.2, 0.25) is 0 Å². The molecule has 0 atom stereocenters. The first-order valence-electron chi connectivity index (χ1n) is 6.24. The van der Waals surface area contributed by atoms with Crippen molar-refractivity contribution in [1.29, 1.82) is 0 Å². The minimum atomic E-state index is -0.997. The molecule has 2 aromatic rings. The summed E-state index contributed by atoms with van der Waals surface area (Å²) in [5, 5.41) is 12.1. The average molecular weight is 292 g/mol. The Morgan fingerprint density at radius 3 is 2.80 bits per heavy atom. The van der Waals surface area contributed by atoms with Crippen molar-refractivity contribution < 1.29 is 19.1 Å². The summed E-state index contributed by atoms with van der Waals surface area (Å²) in [7, 11) is 0. The van der Waals surface area contributed by atoms with Gasteiger partial charge in [0.05, 0.1) is 12.0 Å². The quantitative estimate of drug-likeness (QED) is 0.903. The molecule has 2 N–H and O–H groups in total. The van der Waals surface area contributed by atoms with Gasteiger partial charge in [0.15, 0.2) is 10.9 Å². The van der Waals surface area contributed by atoms with Gasteiger partial charge in [-0.3, -0.25) is 10.1 Å². The molecule has 7 heteroatoms. The number of carboxylic acid groups (broad SMARTS) is 1. The Balaban J connectivity index is 1.83. The number of nitrogens with one attached hydrogen (secondary N) is 1. The SMILES string of the molecule is O=C(Nc1nc(C2CCC2)c(C(=O)O)s1)c1ccco1. The molecule has 1 aliphatic rings. The molecule has 1 aliphatic carbocycles. The van der Waals surface area contributed by atoms with Crippen molar-refractivity contribution >= 4 is 28.3 Å². The van der Waals surface area contributed by atoms with Gasteiger partial charge in [-0.2, -0.15) is 0 Å². The fourth-order valence-corrected chi connectivity index (χ4v) is 2.95. The second-order valence-corrected chi connectivity index (χ2v) is 5.60. The van der Waals surface area contributed by atoms with Gasteiger partial charge < -0.3 is 9.52 Å². The normalized spacial score (nSPS) is 14.8. The zero-order valence-corrected chi connectivity index (χ0v) is 11.3. The highest BCUT2D eigenvalue weighted by Crippen LogP contribution is 2.40. The van der Waals surface area contributed by atoms with Crippen molar-refractivity contribution in [2.45, 2.75) is 25.2 Å². The lowest BCUT2D eigenvalue weighted by Gasteiger charge is -2.23. The lowest BCUT2D eigenvalue weighted by molar-refractivity contribution is 0.0699. The second kappa shape index (κ2) is 5.09. The molecule has 0 aliphatic heterocycles. The lowest BCUT2D eigenvalue weighted by Crippen LogP contribution is -2.13. The predicted molar refractivity (Wildman–Crippen MR) is 72.3 cm³/mol. The van der Waals surface area contributed by atoms with Gasteiger partial charge in [-0.25, -0.2) is 9.78 Å². The number of furan rings is 1. The molecule has 2 aromatic heterocycles. The highest BCUT2D eigenvalue weighted by Gasteiger charge is 2.29. The van der Waals surface area contributed by atoms with Gasteiger partial charge in [-0.15, -0.1) is 0 Å². The van der Waals surface area contributed by atoms with E-state index in [4.69, 9.17) is 4.42 Å². The topological polar surface area (TPSA) is 92.4 Å². The molecule has 3 rings (SSSR count). The summed E-state index contributed by atoms with van der Waals surface area (Å²) in [6.45, 7) is 0. The molecule has 1 fully saturated rings. The predicted octanol–water partition coefficient (Wildman–Crippen LogP) is 2.95. The highest BCUT2D eigenvalue weighted by atomic mass is 32.1. The van der Waals surface area contributed by atoms with E-state index in [9.17, 15) is 14.7 Å². The van der Waals surface area contributed by atoms with Crippen molar-refractivity contribution in [2.24, 2.45) is 0 Å². The van der Waals surface area contributed by atoms with Crippen LogP contribution in [0.25, 0.3) is 0 Å². The Kier molecular flexibility index (Phi) is 3.27. The molecular weight excluding hydrogens is 280 g/mol. The Hall–Kier alpha value is -2.15. The number of hydrogen-bond acceptors (Lipinski definition) is 5. The fourth-order valence-electron chi connectivity index (χ4n) is 2.06. The summed E-state index contributed by atoms with van der Waals surface area (Å²) < 4.78 is 4.98. The third-order valence-electron chi connectivity index (χ3n) is 3.30. The van der Waals surface area contributed by atoms with Crippen molar-refractivity contribution in [2.75, 3.05) is 5.32 Å². The second-order valence-electron chi connectivity index (χ2n) is 4.60. The van der Waals surface area contributed by atoms with Crippen LogP contribution in [-0.2, 0) is 0 Å². The van der Waals surface area contributed by atoms with Crippen LogP contribution in [0.5, 0.6) is 0 Å². The number of aromatic carboxylic acids is 1. The number of carbonyl (C=O) groups excluding carboxylic acids is 1. The third kappa shape index (κ3) is 2.32. The van der Waals surface area contributed by atoms with E-state index in [-0.39, 0.29) is 16.6 Å². The summed E-state index contributed by atoms with van der Waals surface area (Å²) in [4.78, 5) is 27.5. The maximum atomic E-state index is 11.8. The van der Waals surface area contributed by atoms with Crippen LogP contribution in [0.1, 0.15) is 51.1 Å². The number of nitrogens with zero attached hydrogens (tertiary/aromatic N) is 1. The first-order valence-corrected chi connectivity index (χ1v) is 7.05. The summed E-state index contributed by atoms with van der Waals surface area (Å²) in [5.74, 6) is -1.06. The van der Waals surface area contributed by atoms with Crippen LogP contribution >= 0.6 is 11.3 Å². The van der Waals surface area contributed by atoms with Gasteiger partial charge in [0.25, 0.3) is 5.91 Å². The summed E-state index contributed by atoms with van der Waals surface area (Å²) in [6.07, 6.45) is 4.40. The maximum absolute atomic E-state index is 11.8. The highest BCUT2D eigenvalue weighted by molar-refractivity contribution is 7.17. The molecule has 1 amide bonds. The number of carbonyl (C=O) groups is 2. The largest absolute Gasteiger partial charge is 0.477 e. The molecule has 0 saturated heterocycles. The Morgan fingerprint density at radius 2 is 2.25 bits per heavy atom. The van der Waals surface area contributed by atoms with E-state index in [2.05, 4.69) is 10.3 Å². The van der Waals surface area contributed by atoms with Crippen LogP contribution in [0.3, 0.4) is 0 Å². The van der Waals surface area contributed by atoms with Gasteiger partial charge in [0.1, 0.15) is 4.88 Å². The molecule has 104 valence electrons. The Morgan fingerprint density at radius 1 is 1.45 bits per heavy atom. The molecule has 2 heterocycles. The first-order chi connectivity index (χ1) is 9.65. The van der Waals surface area contributed by atoms with E-state index < -0.39 is 11.9 Å². The van der Waals surface area contributed by atoms with Crippen molar-refractivity contribution in [3.8, 4) is 0 Å². The van der Waals surface area contributed by atoms with E-state index in [1.165, 1.54) is 12.3 Å². The van der Waals surface area contributed by atoms with Crippen LogP contribution < -0.4 is 5.32 Å². The minimum Gasteiger partial charge on any atom is -0.477 e. The smallest absolute Gasteiger partial charge is 0.347 e. The number of aromatic nitrogens is 1. The van der Waals surface area contributed by atoms with Crippen LogP contribution in [0.2, 0.25) is 0 Å². The summed E-state index contributed by atoms with van der Waals surface area (Å²) in [6, 6.07) is 3.15. The van der Waals surface area contributed by atoms with E-state index in [0.29, 0.717) is 10.8 Å². The fraction of sp³-hybridized carbons (Fsp3) is 0.308. The van der Waals surface area contributed by atoms with Gasteiger partial charge >= 0.3 is 5.97 Å². The lowest BCUT2D eigenvalue weighted by atomic mass is 9.82. The molecule has 0 spiro atoms. The van der Waals surface area contributed by atoms with Crippen LogP contribution in [0, 0.1) is 0 Å². The number of thiazole rings is 1. The van der Waals surface area contributed by atoms with Crippen LogP contribution in [-0.4, -0.2) is 22.0 Å². The third-order valence-corrected chi connectivity index (χ3v) is 4.28. The summed E-state index contributed by atoms with van der Waals surface area (Å²) in [5.41, 5.74) is 0.587. The van der Waals surface area contributed by atoms with Crippen molar-refractivity contribution in [3.05, 3.63) is 34.7 Å². The van der Waals surface area contributed by atoms with Crippen LogP contribution in [0.15, 0.2) is 22.8 Å². The number of carboxylic acids is 1. The van der Waals surface area contributed by atoms with E-state index in [1.54, 1.807) is 6.07 Å². The monoisotopic (exact) mass is 292 g/mol. The molecule has 0 radical (unpaired) electrons. The molecule has 0 unspecified atom stereocenters. The Bertz CT molecular complexity index is 643. The zero-order chi connectivity index (χ0) is 14.1. The van der Waals surface area contributed by atoms with Crippen LogP contribution in [0.4, 0.5) is 5.13 Å². The van der Waals surface area contributed by atoms with Gasteiger partial charge in [0, 0.05) is 5.92 Å². The molecule has 20 heavy (non-hydrogen) atoms.